The molecule has 0 aliphatic rings. The Labute approximate surface area is 244 Å². The lowest BCUT2D eigenvalue weighted by atomic mass is 9.77. The number of imidazole rings is 1. The van der Waals surface area contributed by atoms with Crippen LogP contribution in [-0.4, -0.2) is 17.6 Å². The lowest BCUT2D eigenvalue weighted by Crippen LogP contribution is -2.53. The largest absolute Gasteiger partial charge is 0.319 e. The first kappa shape index (κ1) is 30.1. The van der Waals surface area contributed by atoms with Crippen LogP contribution in [0, 0.1) is 0 Å². The van der Waals surface area contributed by atoms with Gasteiger partial charge in [-0.05, 0) is 41.0 Å². The van der Waals surface area contributed by atoms with E-state index >= 15 is 0 Å². The van der Waals surface area contributed by atoms with Gasteiger partial charge in [-0.15, -0.1) is 0 Å². The highest BCUT2D eigenvalue weighted by Gasteiger charge is 2.46. The van der Waals surface area contributed by atoms with Crippen LogP contribution < -0.4 is 5.19 Å². The van der Waals surface area contributed by atoms with Crippen molar-refractivity contribution in [2.75, 3.05) is 0 Å². The average molecular weight is 551 g/mol. The Balaban J connectivity index is 1.87. The van der Waals surface area contributed by atoms with Gasteiger partial charge in [0.1, 0.15) is 5.54 Å². The highest BCUT2D eigenvalue weighted by atomic mass is 28.3. The molecule has 40 heavy (non-hydrogen) atoms. The molecule has 2 nitrogen and oxygen atoms in total. The van der Waals surface area contributed by atoms with Crippen LogP contribution in [0.15, 0.2) is 104 Å². The van der Waals surface area contributed by atoms with Crippen molar-refractivity contribution in [2.24, 2.45) is 0 Å². The van der Waals surface area contributed by atoms with Crippen LogP contribution in [-0.2, 0) is 5.54 Å². The first-order chi connectivity index (χ1) is 19.5. The first-order valence-electron chi connectivity index (χ1n) is 15.7. The summed E-state index contributed by atoms with van der Waals surface area (Å²) in [6.07, 6.45) is 18.0. The fraction of sp³-hybridized carbons (Fsp3) is 0.432. The number of unbranched alkanes of at least 4 members (excludes halogenated alkanes) is 3. The summed E-state index contributed by atoms with van der Waals surface area (Å²) in [6, 6.07) is 31.7. The third kappa shape index (κ3) is 5.77. The Kier molecular flexibility index (Phi) is 10.2. The molecular formula is C37H50N2Si. The topological polar surface area (TPSA) is 17.8 Å². The van der Waals surface area contributed by atoms with Gasteiger partial charge in [-0.3, -0.25) is 0 Å². The predicted molar refractivity (Wildman–Crippen MR) is 175 cm³/mol. The summed E-state index contributed by atoms with van der Waals surface area (Å²) >= 11 is 0. The summed E-state index contributed by atoms with van der Waals surface area (Å²) in [6.45, 7) is 12.4. The van der Waals surface area contributed by atoms with E-state index < -0.39 is 13.6 Å². The van der Waals surface area contributed by atoms with Gasteiger partial charge < -0.3 is 4.57 Å². The fourth-order valence-electron chi connectivity index (χ4n) is 7.06. The molecule has 0 aliphatic carbocycles. The Morgan fingerprint density at radius 2 is 1.07 bits per heavy atom. The molecule has 1 aromatic heterocycles. The molecule has 0 fully saturated rings. The molecule has 0 saturated heterocycles. The molecule has 0 spiro atoms. The first-order valence-corrected chi connectivity index (χ1v) is 18.7. The lowest BCUT2D eigenvalue weighted by Gasteiger charge is -2.47. The molecule has 3 heteroatoms. The molecule has 0 radical (unpaired) electrons. The average Bonchev–Trinajstić information content (AvgIpc) is 3.54. The van der Waals surface area contributed by atoms with Crippen molar-refractivity contribution < 1.29 is 0 Å². The van der Waals surface area contributed by atoms with Crippen molar-refractivity contribution in [3.63, 3.8) is 0 Å². The molecule has 0 N–H and O–H groups in total. The van der Waals surface area contributed by atoms with Crippen molar-refractivity contribution in [2.45, 2.75) is 102 Å². The van der Waals surface area contributed by atoms with Gasteiger partial charge in [-0.1, -0.05) is 163 Å². The molecule has 0 bridgehead atoms. The van der Waals surface area contributed by atoms with Crippen LogP contribution in [0.3, 0.4) is 0 Å². The van der Waals surface area contributed by atoms with E-state index in [1.807, 2.05) is 12.5 Å². The lowest BCUT2D eigenvalue weighted by molar-refractivity contribution is 0.389. The summed E-state index contributed by atoms with van der Waals surface area (Å²) < 4.78 is 2.28. The molecule has 0 saturated carbocycles. The van der Waals surface area contributed by atoms with E-state index in [1.165, 1.54) is 74.5 Å². The summed E-state index contributed by atoms with van der Waals surface area (Å²) in [7, 11) is -1.80. The highest BCUT2D eigenvalue weighted by molar-refractivity contribution is 6.92. The van der Waals surface area contributed by atoms with Crippen LogP contribution in [0.2, 0.25) is 18.1 Å². The second kappa shape index (κ2) is 13.6. The molecule has 4 rings (SSSR count). The third-order valence-electron chi connectivity index (χ3n) is 9.65. The van der Waals surface area contributed by atoms with Crippen LogP contribution in [0.4, 0.5) is 0 Å². The summed E-state index contributed by atoms with van der Waals surface area (Å²) in [5.74, 6) is 0. The number of aromatic nitrogens is 2. The van der Waals surface area contributed by atoms with E-state index in [9.17, 15) is 0 Å². The molecule has 0 unspecified atom stereocenters. The standard InChI is InChI=1S/C37H50N2Si/c1-6-9-26-36(27-10-7-2,28-11-8-3)40(4,5)35-24-22-34(23-25-35)37(39-30-29-38-31-39,32-18-14-12-15-19-32)33-20-16-13-17-21-33/h12-25,29-31H,6-11,26-28H2,1-5H3. The van der Waals surface area contributed by atoms with Gasteiger partial charge in [0.15, 0.2) is 0 Å². The van der Waals surface area contributed by atoms with Crippen molar-refractivity contribution in [1.29, 1.82) is 0 Å². The third-order valence-corrected chi connectivity index (χ3v) is 14.8. The van der Waals surface area contributed by atoms with Crippen LogP contribution in [0.5, 0.6) is 0 Å². The van der Waals surface area contributed by atoms with Gasteiger partial charge in [0.2, 0.25) is 0 Å². The zero-order chi connectivity index (χ0) is 28.5. The van der Waals surface area contributed by atoms with Crippen molar-refractivity contribution >= 4 is 13.3 Å². The van der Waals surface area contributed by atoms with Crippen LogP contribution in [0.25, 0.3) is 0 Å². The van der Waals surface area contributed by atoms with Gasteiger partial charge in [0.25, 0.3) is 0 Å². The van der Waals surface area contributed by atoms with E-state index in [4.69, 9.17) is 0 Å². The second-order valence-corrected chi connectivity index (χ2v) is 17.1. The molecule has 212 valence electrons. The monoisotopic (exact) mass is 550 g/mol. The normalized spacial score (nSPS) is 12.5. The minimum absolute atomic E-state index is 0.455. The van der Waals surface area contributed by atoms with Gasteiger partial charge >= 0.3 is 0 Å². The molecule has 4 aromatic rings. The predicted octanol–water partition coefficient (Wildman–Crippen LogP) is 9.95. The Morgan fingerprint density at radius 3 is 1.48 bits per heavy atom. The van der Waals surface area contributed by atoms with Crippen molar-refractivity contribution in [3.8, 4) is 0 Å². The van der Waals surface area contributed by atoms with E-state index in [2.05, 4.69) is 135 Å². The number of hydrogen-bond acceptors (Lipinski definition) is 1. The molecular weight excluding hydrogens is 501 g/mol. The number of rotatable bonds is 15. The quantitative estimate of drug-likeness (QED) is 0.106. The zero-order valence-corrected chi connectivity index (χ0v) is 26.6. The number of hydrogen-bond donors (Lipinski definition) is 0. The Hall–Kier alpha value is -2.91. The maximum absolute atomic E-state index is 4.51. The van der Waals surface area contributed by atoms with Crippen LogP contribution in [0.1, 0.15) is 95.2 Å². The van der Waals surface area contributed by atoms with Gasteiger partial charge in [0, 0.05) is 12.4 Å². The molecule has 0 aliphatic heterocycles. The van der Waals surface area contributed by atoms with Gasteiger partial charge in [0.05, 0.1) is 14.4 Å². The van der Waals surface area contributed by atoms with Crippen molar-refractivity contribution in [3.05, 3.63) is 120 Å². The summed E-state index contributed by atoms with van der Waals surface area (Å²) in [4.78, 5) is 4.51. The zero-order valence-electron chi connectivity index (χ0n) is 25.6. The fourth-order valence-corrected chi connectivity index (χ4v) is 11.1. The van der Waals surface area contributed by atoms with Gasteiger partial charge in [-0.2, -0.15) is 0 Å². The second-order valence-electron chi connectivity index (χ2n) is 12.2. The molecule has 3 aromatic carbocycles. The Bertz CT molecular complexity index is 1200. The maximum Gasteiger partial charge on any atom is 0.121 e. The van der Waals surface area contributed by atoms with E-state index in [0.717, 1.165) is 0 Å². The van der Waals surface area contributed by atoms with Crippen molar-refractivity contribution in [1.82, 2.24) is 9.55 Å². The van der Waals surface area contributed by atoms with Crippen LogP contribution >= 0.6 is 0 Å². The van der Waals surface area contributed by atoms with E-state index in [1.54, 1.807) is 5.19 Å². The SMILES string of the molecule is CCCCC(CCCC)(CCCC)[Si](C)(C)c1ccc(C(c2ccccc2)(c2ccccc2)n2ccnc2)cc1. The Morgan fingerprint density at radius 1 is 0.625 bits per heavy atom. The smallest absolute Gasteiger partial charge is 0.121 e. The van der Waals surface area contributed by atoms with E-state index in [0.29, 0.717) is 5.04 Å². The molecule has 1 heterocycles. The molecule has 0 atom stereocenters. The number of benzene rings is 3. The summed E-state index contributed by atoms with van der Waals surface area (Å²) in [5, 5.41) is 2.05. The molecule has 0 amide bonds. The van der Waals surface area contributed by atoms with Gasteiger partial charge in [-0.25, -0.2) is 4.98 Å². The maximum atomic E-state index is 4.51. The van der Waals surface area contributed by atoms with E-state index in [-0.39, 0.29) is 0 Å². The minimum Gasteiger partial charge on any atom is -0.319 e. The summed E-state index contributed by atoms with van der Waals surface area (Å²) in [5.41, 5.74) is 3.27. The minimum atomic E-state index is -1.80. The highest BCUT2D eigenvalue weighted by Crippen LogP contribution is 2.51. The number of nitrogens with zero attached hydrogens (tertiary/aromatic N) is 2.